The summed E-state index contributed by atoms with van der Waals surface area (Å²) >= 11 is 0. The molecule has 108 valence electrons. The molecule has 0 radical (unpaired) electrons. The number of rotatable bonds is 3. The highest BCUT2D eigenvalue weighted by molar-refractivity contribution is 5.75. The molecule has 0 aliphatic carbocycles. The molecule has 2 aliphatic rings. The summed E-state index contributed by atoms with van der Waals surface area (Å²) in [5.74, 6) is -0.647. The molecule has 1 atom stereocenters. The minimum absolute atomic E-state index is 0.0317. The summed E-state index contributed by atoms with van der Waals surface area (Å²) < 4.78 is 0. The van der Waals surface area contributed by atoms with Gasteiger partial charge in [0.25, 0.3) is 0 Å². The van der Waals surface area contributed by atoms with Gasteiger partial charge >= 0.3 is 12.0 Å². The van der Waals surface area contributed by atoms with Gasteiger partial charge in [0, 0.05) is 32.8 Å². The van der Waals surface area contributed by atoms with E-state index in [0.29, 0.717) is 31.8 Å². The third-order valence-corrected chi connectivity index (χ3v) is 4.21. The summed E-state index contributed by atoms with van der Waals surface area (Å²) in [6.45, 7) is 2.73. The molecule has 19 heavy (non-hydrogen) atoms. The fourth-order valence-corrected chi connectivity index (χ4v) is 2.94. The van der Waals surface area contributed by atoms with Crippen LogP contribution in [-0.4, -0.2) is 64.8 Å². The average Bonchev–Trinajstić information content (AvgIpc) is 2.87. The van der Waals surface area contributed by atoms with E-state index in [1.54, 1.807) is 4.90 Å². The van der Waals surface area contributed by atoms with Crippen LogP contribution >= 0.6 is 0 Å². The van der Waals surface area contributed by atoms with Crippen LogP contribution < -0.4 is 0 Å². The van der Waals surface area contributed by atoms with Crippen LogP contribution in [0.3, 0.4) is 0 Å². The van der Waals surface area contributed by atoms with Crippen molar-refractivity contribution in [2.24, 2.45) is 11.8 Å². The van der Waals surface area contributed by atoms with Crippen molar-refractivity contribution >= 4 is 12.0 Å². The Kier molecular flexibility index (Phi) is 4.63. The van der Waals surface area contributed by atoms with Gasteiger partial charge in [0.2, 0.25) is 0 Å². The molecule has 6 heteroatoms. The van der Waals surface area contributed by atoms with Crippen LogP contribution in [0.15, 0.2) is 0 Å². The Bertz CT molecular complexity index is 340. The van der Waals surface area contributed by atoms with E-state index < -0.39 is 5.97 Å². The molecular weight excluding hydrogens is 248 g/mol. The standard InChI is InChI=1S/C13H22N2O4/c16-8-4-10-1-5-15(9-10)13(19)14-6-2-11(3-7-14)12(17)18/h10-11,16H,1-9H2,(H,17,18). The SMILES string of the molecule is O=C(O)C1CCN(C(=O)N2CCC(CCO)C2)CC1. The zero-order chi connectivity index (χ0) is 13.8. The topological polar surface area (TPSA) is 81.1 Å². The average molecular weight is 270 g/mol. The molecule has 2 saturated heterocycles. The summed E-state index contributed by atoms with van der Waals surface area (Å²) in [7, 11) is 0. The number of carbonyl (C=O) groups is 2. The van der Waals surface area contributed by atoms with E-state index in [1.807, 2.05) is 4.90 Å². The molecule has 0 aromatic heterocycles. The number of carboxylic acids is 1. The maximum Gasteiger partial charge on any atom is 0.320 e. The number of piperidine rings is 1. The van der Waals surface area contributed by atoms with E-state index in [2.05, 4.69) is 0 Å². The van der Waals surface area contributed by atoms with Gasteiger partial charge in [-0.2, -0.15) is 0 Å². The van der Waals surface area contributed by atoms with Crippen molar-refractivity contribution in [2.75, 3.05) is 32.8 Å². The van der Waals surface area contributed by atoms with Crippen LogP contribution in [-0.2, 0) is 4.79 Å². The van der Waals surface area contributed by atoms with Crippen molar-refractivity contribution in [1.82, 2.24) is 9.80 Å². The number of aliphatic hydroxyl groups excluding tert-OH is 1. The van der Waals surface area contributed by atoms with Gasteiger partial charge in [-0.05, 0) is 31.6 Å². The maximum atomic E-state index is 12.3. The number of likely N-dealkylation sites (tertiary alicyclic amines) is 2. The van der Waals surface area contributed by atoms with Crippen LogP contribution in [0.4, 0.5) is 4.79 Å². The first-order valence-corrected chi connectivity index (χ1v) is 6.99. The number of nitrogens with zero attached hydrogens (tertiary/aromatic N) is 2. The van der Waals surface area contributed by atoms with Crippen LogP contribution in [0.25, 0.3) is 0 Å². The van der Waals surface area contributed by atoms with Crippen molar-refractivity contribution in [1.29, 1.82) is 0 Å². The quantitative estimate of drug-likeness (QED) is 0.787. The molecule has 2 heterocycles. The summed E-state index contributed by atoms with van der Waals surface area (Å²) in [5.41, 5.74) is 0. The first kappa shape index (κ1) is 14.1. The van der Waals surface area contributed by atoms with E-state index in [1.165, 1.54) is 0 Å². The lowest BCUT2D eigenvalue weighted by Crippen LogP contribution is -2.46. The fourth-order valence-electron chi connectivity index (χ4n) is 2.94. The van der Waals surface area contributed by atoms with E-state index in [4.69, 9.17) is 10.2 Å². The lowest BCUT2D eigenvalue weighted by atomic mass is 9.97. The van der Waals surface area contributed by atoms with Crippen molar-refractivity contribution in [3.63, 3.8) is 0 Å². The van der Waals surface area contributed by atoms with Crippen LogP contribution in [0.1, 0.15) is 25.7 Å². The fraction of sp³-hybridized carbons (Fsp3) is 0.846. The summed E-state index contributed by atoms with van der Waals surface area (Å²) in [5, 5.41) is 17.8. The molecule has 0 bridgehead atoms. The Hall–Kier alpha value is -1.30. The number of aliphatic hydroxyl groups is 1. The van der Waals surface area contributed by atoms with Gasteiger partial charge in [-0.3, -0.25) is 4.79 Å². The first-order chi connectivity index (χ1) is 9.11. The normalized spacial score (nSPS) is 24.8. The van der Waals surface area contributed by atoms with Gasteiger partial charge < -0.3 is 20.0 Å². The van der Waals surface area contributed by atoms with E-state index >= 15 is 0 Å². The van der Waals surface area contributed by atoms with E-state index in [-0.39, 0.29) is 18.6 Å². The number of hydrogen-bond acceptors (Lipinski definition) is 3. The van der Waals surface area contributed by atoms with Crippen LogP contribution in [0, 0.1) is 11.8 Å². The third-order valence-electron chi connectivity index (χ3n) is 4.21. The summed E-state index contributed by atoms with van der Waals surface area (Å²) in [6, 6.07) is 0.0317. The monoisotopic (exact) mass is 270 g/mol. The Balaban J connectivity index is 1.80. The predicted octanol–water partition coefficient (Wildman–Crippen LogP) is 0.607. The molecule has 0 aromatic carbocycles. The lowest BCUT2D eigenvalue weighted by molar-refractivity contribution is -0.143. The molecule has 2 amide bonds. The van der Waals surface area contributed by atoms with E-state index in [0.717, 1.165) is 25.9 Å². The Morgan fingerprint density at radius 1 is 1.05 bits per heavy atom. The second kappa shape index (κ2) is 6.23. The molecule has 1 unspecified atom stereocenters. The van der Waals surface area contributed by atoms with Gasteiger partial charge in [0.15, 0.2) is 0 Å². The lowest BCUT2D eigenvalue weighted by Gasteiger charge is -2.33. The molecule has 2 rings (SSSR count). The maximum absolute atomic E-state index is 12.3. The van der Waals surface area contributed by atoms with Gasteiger partial charge in [-0.25, -0.2) is 4.79 Å². The second-order valence-corrected chi connectivity index (χ2v) is 5.50. The highest BCUT2D eigenvalue weighted by Crippen LogP contribution is 2.23. The zero-order valence-corrected chi connectivity index (χ0v) is 11.1. The number of carboxylic acid groups (broad SMARTS) is 1. The van der Waals surface area contributed by atoms with E-state index in [9.17, 15) is 9.59 Å². The summed E-state index contributed by atoms with van der Waals surface area (Å²) in [4.78, 5) is 26.7. The number of hydrogen-bond donors (Lipinski definition) is 2. The predicted molar refractivity (Wildman–Crippen MR) is 68.7 cm³/mol. The highest BCUT2D eigenvalue weighted by atomic mass is 16.4. The molecule has 0 saturated carbocycles. The van der Waals surface area contributed by atoms with Gasteiger partial charge in [-0.1, -0.05) is 0 Å². The van der Waals surface area contributed by atoms with Crippen molar-refractivity contribution in [2.45, 2.75) is 25.7 Å². The van der Waals surface area contributed by atoms with Gasteiger partial charge in [0.1, 0.15) is 0 Å². The van der Waals surface area contributed by atoms with Crippen molar-refractivity contribution in [3.8, 4) is 0 Å². The molecule has 2 N–H and O–H groups in total. The van der Waals surface area contributed by atoms with Crippen LogP contribution in [0.5, 0.6) is 0 Å². The molecular formula is C13H22N2O4. The van der Waals surface area contributed by atoms with Crippen LogP contribution in [0.2, 0.25) is 0 Å². The van der Waals surface area contributed by atoms with Gasteiger partial charge in [0.05, 0.1) is 5.92 Å². The van der Waals surface area contributed by atoms with Crippen molar-refractivity contribution in [3.05, 3.63) is 0 Å². The number of carbonyl (C=O) groups excluding carboxylic acids is 1. The number of aliphatic carboxylic acids is 1. The second-order valence-electron chi connectivity index (χ2n) is 5.50. The molecule has 6 nitrogen and oxygen atoms in total. The highest BCUT2D eigenvalue weighted by Gasteiger charge is 2.32. The minimum atomic E-state index is -0.753. The first-order valence-electron chi connectivity index (χ1n) is 6.99. The largest absolute Gasteiger partial charge is 0.481 e. The Morgan fingerprint density at radius 2 is 1.68 bits per heavy atom. The smallest absolute Gasteiger partial charge is 0.320 e. The molecule has 0 aromatic rings. The minimum Gasteiger partial charge on any atom is -0.481 e. The molecule has 2 aliphatic heterocycles. The Morgan fingerprint density at radius 3 is 2.26 bits per heavy atom. The number of amides is 2. The zero-order valence-electron chi connectivity index (χ0n) is 11.1. The number of urea groups is 1. The summed E-state index contributed by atoms with van der Waals surface area (Å²) in [6.07, 6.45) is 2.81. The molecule has 2 fully saturated rings. The Labute approximate surface area is 113 Å². The molecule has 0 spiro atoms. The van der Waals surface area contributed by atoms with Gasteiger partial charge in [-0.15, -0.1) is 0 Å². The van der Waals surface area contributed by atoms with Crippen molar-refractivity contribution < 1.29 is 19.8 Å². The third kappa shape index (κ3) is 3.37.